The Kier molecular flexibility index (Phi) is 15.4. The number of ether oxygens (including phenoxy) is 2. The van der Waals surface area contributed by atoms with Gasteiger partial charge in [-0.1, -0.05) is 0 Å². The van der Waals surface area contributed by atoms with E-state index >= 15 is 0 Å². The minimum Gasteiger partial charge on any atom is -0.505 e. The van der Waals surface area contributed by atoms with Crippen LogP contribution in [0.4, 0.5) is 51.2 Å². The molecule has 32 nitrogen and oxygen atoms in total. The van der Waals surface area contributed by atoms with Gasteiger partial charge < -0.3 is 30.5 Å². The Morgan fingerprint density at radius 1 is 0.354 bits per heavy atom. The Bertz CT molecular complexity index is 4640. The van der Waals surface area contributed by atoms with E-state index < -0.39 is 158 Å². The minimum atomic E-state index is -5.46. The first-order chi connectivity index (χ1) is 38.0. The van der Waals surface area contributed by atoms with Gasteiger partial charge in [-0.2, -0.15) is 60.7 Å². The third-order valence-electron chi connectivity index (χ3n) is 11.4. The van der Waals surface area contributed by atoms with Crippen LogP contribution in [0.25, 0.3) is 32.3 Å². The molecule has 0 aliphatic rings. The number of anilines is 1. The van der Waals surface area contributed by atoms with E-state index in [0.29, 0.717) is 12.1 Å². The second-order valence-corrected chi connectivity index (χ2v) is 24.9. The van der Waals surface area contributed by atoms with E-state index in [1.54, 1.807) is 0 Å². The number of rotatable bonds is 16. The van der Waals surface area contributed by atoms with Crippen LogP contribution in [0.2, 0.25) is 0 Å². The van der Waals surface area contributed by atoms with E-state index in [9.17, 15) is 93.1 Å². The molecule has 0 unspecified atom stereocenters. The average molecular weight is 1250 g/mol. The molecular formula is C44H33N9O23S6. The fourth-order valence-corrected chi connectivity index (χ4v) is 11.7. The molecule has 8 rings (SSSR count). The maximum Gasteiger partial charge on any atom is 0.296 e. The highest BCUT2D eigenvalue weighted by Crippen LogP contribution is 2.50. The van der Waals surface area contributed by atoms with Crippen molar-refractivity contribution in [3.63, 3.8) is 0 Å². The summed E-state index contributed by atoms with van der Waals surface area (Å²) in [7, 11) is -29.1. The van der Waals surface area contributed by atoms with Crippen molar-refractivity contribution in [2.24, 2.45) is 40.9 Å². The SMILES string of the molecule is COc1ccc(N=Nc2c(S(=O)(=O)O)cc3cc(N=Nc4c(S(=O)(=O)O)cc5cc(S(=O)(=O)O)c(/N=N\c6ccc7c(O)c(/N=N\c8ccc(OC)cc8S(=O)(=O)O)c(S(=O)(=O)O)cc7c6)c(O)c5c4N)ccc3c2O)c(S(=O)(=O)O)c1. The number of phenols is 3. The van der Waals surface area contributed by atoms with E-state index in [0.717, 1.165) is 72.8 Å². The van der Waals surface area contributed by atoms with Gasteiger partial charge in [0.15, 0.2) is 17.2 Å². The van der Waals surface area contributed by atoms with Gasteiger partial charge in [0.05, 0.1) is 36.7 Å². The summed E-state index contributed by atoms with van der Waals surface area (Å²) in [5.74, 6) is -3.27. The molecule has 11 N–H and O–H groups in total. The first kappa shape index (κ1) is 59.3. The maximum absolute atomic E-state index is 12.8. The van der Waals surface area contributed by atoms with Crippen LogP contribution in [0.1, 0.15) is 0 Å². The molecule has 82 heavy (non-hydrogen) atoms. The number of methoxy groups -OCH3 is 2. The molecule has 0 amide bonds. The summed E-state index contributed by atoms with van der Waals surface area (Å²) in [5, 5.41) is 61.7. The first-order valence-corrected chi connectivity index (χ1v) is 30.2. The zero-order valence-electron chi connectivity index (χ0n) is 40.6. The van der Waals surface area contributed by atoms with Gasteiger partial charge in [-0.25, -0.2) is 0 Å². The van der Waals surface area contributed by atoms with Gasteiger partial charge in [0.1, 0.15) is 75.0 Å². The van der Waals surface area contributed by atoms with Gasteiger partial charge in [-0.15, -0.1) is 30.7 Å². The summed E-state index contributed by atoms with van der Waals surface area (Å²) in [6.07, 6.45) is 0. The highest BCUT2D eigenvalue weighted by molar-refractivity contribution is 7.87. The smallest absolute Gasteiger partial charge is 0.296 e. The molecule has 0 aromatic heterocycles. The molecule has 0 fully saturated rings. The van der Waals surface area contributed by atoms with Crippen LogP contribution in [0, 0.1) is 0 Å². The Morgan fingerprint density at radius 3 is 1.02 bits per heavy atom. The summed E-state index contributed by atoms with van der Waals surface area (Å²) in [6, 6.07) is 15.1. The lowest BCUT2D eigenvalue weighted by atomic mass is 10.0. The van der Waals surface area contributed by atoms with Crippen LogP contribution >= 0.6 is 0 Å². The van der Waals surface area contributed by atoms with Crippen LogP contribution < -0.4 is 15.2 Å². The third kappa shape index (κ3) is 12.0. The van der Waals surface area contributed by atoms with E-state index in [1.165, 1.54) is 26.4 Å². The molecule has 428 valence electrons. The summed E-state index contributed by atoms with van der Waals surface area (Å²) in [5.41, 5.74) is -0.186. The highest BCUT2D eigenvalue weighted by Gasteiger charge is 2.30. The molecule has 0 heterocycles. The van der Waals surface area contributed by atoms with E-state index in [1.807, 2.05) is 0 Å². The zero-order valence-corrected chi connectivity index (χ0v) is 45.5. The molecule has 8 aromatic carbocycles. The molecule has 0 radical (unpaired) electrons. The van der Waals surface area contributed by atoms with Crippen molar-refractivity contribution in [2.45, 2.75) is 29.4 Å². The third-order valence-corrected chi connectivity index (χ3v) is 16.7. The van der Waals surface area contributed by atoms with Crippen LogP contribution in [0.3, 0.4) is 0 Å². The molecule has 8 aromatic rings. The van der Waals surface area contributed by atoms with Crippen LogP contribution in [0.5, 0.6) is 28.7 Å². The van der Waals surface area contributed by atoms with Gasteiger partial charge in [0.2, 0.25) is 0 Å². The number of hydrogen-bond acceptors (Lipinski definition) is 26. The van der Waals surface area contributed by atoms with Gasteiger partial charge in [-0.05, 0) is 101 Å². The normalized spacial score (nSPS) is 13.2. The molecular weight excluding hydrogens is 1210 g/mol. The van der Waals surface area contributed by atoms with E-state index in [4.69, 9.17) is 15.2 Å². The number of hydrogen-bond donors (Lipinski definition) is 10. The molecule has 0 atom stereocenters. The molecule has 0 aliphatic heterocycles. The molecule has 0 aliphatic carbocycles. The molecule has 38 heteroatoms. The second-order valence-electron chi connectivity index (χ2n) is 16.6. The van der Waals surface area contributed by atoms with Crippen LogP contribution in [0.15, 0.2) is 167 Å². The molecule has 0 saturated heterocycles. The van der Waals surface area contributed by atoms with Crippen molar-refractivity contribution in [3.05, 3.63) is 97.1 Å². The van der Waals surface area contributed by atoms with Crippen molar-refractivity contribution in [3.8, 4) is 28.7 Å². The Labute approximate surface area is 460 Å². The van der Waals surface area contributed by atoms with Gasteiger partial charge >= 0.3 is 0 Å². The number of nitrogens with two attached hydrogens (primary N) is 1. The topological polar surface area (TPSA) is 530 Å². The number of fused-ring (bicyclic) bond motifs is 3. The Balaban J connectivity index is 1.21. The monoisotopic (exact) mass is 1250 g/mol. The molecule has 0 bridgehead atoms. The maximum atomic E-state index is 12.8. The fraction of sp³-hybridized carbons (Fsp3) is 0.0455. The lowest BCUT2D eigenvalue weighted by Crippen LogP contribution is -2.03. The van der Waals surface area contributed by atoms with Crippen LogP contribution in [-0.4, -0.2) is 107 Å². The Hall–Kier alpha value is -8.80. The number of phenolic OH excluding ortho intramolecular Hbond substituents is 3. The van der Waals surface area contributed by atoms with Crippen molar-refractivity contribution >= 4 is 144 Å². The number of nitrogen functional groups attached to an aromatic ring is 1. The summed E-state index contributed by atoms with van der Waals surface area (Å²) in [4.78, 5) is -6.32. The van der Waals surface area contributed by atoms with Crippen LogP contribution in [-0.2, 0) is 60.7 Å². The number of aromatic hydroxyl groups is 3. The minimum absolute atomic E-state index is 0.0449. The predicted octanol–water partition coefficient (Wildman–Crippen LogP) is 9.00. The second kappa shape index (κ2) is 21.3. The first-order valence-electron chi connectivity index (χ1n) is 21.6. The zero-order chi connectivity index (χ0) is 60.4. The lowest BCUT2D eigenvalue weighted by molar-refractivity contribution is 0.412. The lowest BCUT2D eigenvalue weighted by Gasteiger charge is -2.14. The largest absolute Gasteiger partial charge is 0.505 e. The van der Waals surface area contributed by atoms with E-state index in [2.05, 4.69) is 40.9 Å². The Morgan fingerprint density at radius 2 is 0.671 bits per heavy atom. The number of azo groups is 4. The van der Waals surface area contributed by atoms with Gasteiger partial charge in [0.25, 0.3) is 60.7 Å². The quantitative estimate of drug-likeness (QED) is 0.0245. The van der Waals surface area contributed by atoms with Crippen molar-refractivity contribution in [1.29, 1.82) is 0 Å². The average Bonchev–Trinajstić information content (AvgIpc) is 3.33. The molecule has 0 spiro atoms. The summed E-state index contributed by atoms with van der Waals surface area (Å²) < 4.78 is 220. The molecule has 0 saturated carbocycles. The number of benzene rings is 8. The van der Waals surface area contributed by atoms with Crippen molar-refractivity contribution in [1.82, 2.24) is 0 Å². The number of nitrogens with zero attached hydrogens (tertiary/aromatic N) is 8. The summed E-state index contributed by atoms with van der Waals surface area (Å²) in [6.45, 7) is 0. The fourth-order valence-electron chi connectivity index (χ4n) is 7.74. The van der Waals surface area contributed by atoms with Crippen molar-refractivity contribution < 1.29 is 103 Å². The van der Waals surface area contributed by atoms with Gasteiger partial charge in [0, 0.05) is 22.9 Å². The standard InChI is InChI=1S/C44H33N9O23S6/c1-75-24-5-9-28(30(17-24)77(57,58)59)48-52-39-33(80(66,67)68)13-19-11-22(3-7-26(19)42(39)54)46-50-38-32(79(63,64)65)15-21-16-35(82(72,73)74)41(44(56)36(21)37(38)45)51-47-23-4-8-27-20(12-23)14-34(81(69,70)71)40(43(27)55)53-49-29-10-6-25(76-2)18-31(29)78(60,61)62/h3-18,54-56H,45H2,1-2H3,(H,57,58,59)(H,60,61,62)(H,63,64,65)(H,66,67,68)(H,69,70,71)(H,72,73,74)/b50-46?,51-47-,52-48?,53-49-. The van der Waals surface area contributed by atoms with Crippen molar-refractivity contribution in [2.75, 3.05) is 20.0 Å². The van der Waals surface area contributed by atoms with Gasteiger partial charge in [-0.3, -0.25) is 27.3 Å². The summed E-state index contributed by atoms with van der Waals surface area (Å²) >= 11 is 0. The highest BCUT2D eigenvalue weighted by atomic mass is 32.2. The predicted molar refractivity (Wildman–Crippen MR) is 283 cm³/mol. The van der Waals surface area contributed by atoms with E-state index in [-0.39, 0.29) is 44.4 Å².